The zero-order chi connectivity index (χ0) is 19.4. The molecule has 0 spiro atoms. The van der Waals surface area contributed by atoms with E-state index in [1.807, 2.05) is 50.2 Å². The molecule has 3 rings (SSSR count). The summed E-state index contributed by atoms with van der Waals surface area (Å²) in [5.74, 6) is 0.275. The third-order valence-electron chi connectivity index (χ3n) is 4.87. The number of carbonyl (C=O) groups excluding carboxylic acids is 2. The predicted molar refractivity (Wildman–Crippen MR) is 102 cm³/mol. The largest absolute Gasteiger partial charge is 0.496 e. The summed E-state index contributed by atoms with van der Waals surface area (Å²) in [5.41, 5.74) is 2.86. The van der Waals surface area contributed by atoms with E-state index in [4.69, 9.17) is 4.74 Å². The second-order valence-electron chi connectivity index (χ2n) is 6.97. The number of likely N-dealkylation sites (tertiary alicyclic amines) is 1. The second kappa shape index (κ2) is 8.20. The Bertz CT molecular complexity index is 823. The maximum Gasteiger partial charge on any atom is 0.225 e. The highest BCUT2D eigenvalue weighted by molar-refractivity contribution is 5.89. The van der Waals surface area contributed by atoms with Crippen LogP contribution in [0, 0.1) is 12.8 Å². The van der Waals surface area contributed by atoms with Gasteiger partial charge in [-0.1, -0.05) is 23.8 Å². The zero-order valence-corrected chi connectivity index (χ0v) is 15.9. The molecular formula is C21H25N3O3. The van der Waals surface area contributed by atoms with Crippen molar-refractivity contribution >= 4 is 11.8 Å². The molecule has 27 heavy (non-hydrogen) atoms. The van der Waals surface area contributed by atoms with Crippen LogP contribution in [0.1, 0.15) is 36.2 Å². The van der Waals surface area contributed by atoms with E-state index in [9.17, 15) is 9.59 Å². The van der Waals surface area contributed by atoms with Crippen LogP contribution >= 0.6 is 0 Å². The summed E-state index contributed by atoms with van der Waals surface area (Å²) < 4.78 is 5.41. The molecule has 1 aromatic carbocycles. The molecule has 6 nitrogen and oxygen atoms in total. The molecule has 6 heteroatoms. The lowest BCUT2D eigenvalue weighted by Gasteiger charge is -2.20. The molecule has 1 N–H and O–H groups in total. The van der Waals surface area contributed by atoms with E-state index in [1.165, 1.54) is 0 Å². The Kier molecular flexibility index (Phi) is 5.74. The van der Waals surface area contributed by atoms with Crippen molar-refractivity contribution in [1.29, 1.82) is 0 Å². The number of methoxy groups -OCH3 is 1. The third-order valence-corrected chi connectivity index (χ3v) is 4.87. The number of aromatic nitrogens is 1. The number of nitrogens with one attached hydrogen (secondary N) is 1. The Balaban J connectivity index is 1.63. The maximum absolute atomic E-state index is 12.7. The number of benzene rings is 1. The first kappa shape index (κ1) is 18.9. The lowest BCUT2D eigenvalue weighted by molar-refractivity contribution is -0.129. The summed E-state index contributed by atoms with van der Waals surface area (Å²) >= 11 is 0. The first-order valence-corrected chi connectivity index (χ1v) is 9.10. The van der Waals surface area contributed by atoms with Crippen molar-refractivity contribution in [2.24, 2.45) is 5.92 Å². The molecule has 142 valence electrons. The van der Waals surface area contributed by atoms with Crippen LogP contribution in [-0.4, -0.2) is 35.4 Å². The average Bonchev–Trinajstić information content (AvgIpc) is 3.03. The summed E-state index contributed by atoms with van der Waals surface area (Å²) in [4.78, 5) is 31.0. The second-order valence-corrected chi connectivity index (χ2v) is 6.97. The predicted octanol–water partition coefficient (Wildman–Crippen LogP) is 2.62. The van der Waals surface area contributed by atoms with Gasteiger partial charge in [0, 0.05) is 24.7 Å². The monoisotopic (exact) mass is 367 g/mol. The van der Waals surface area contributed by atoms with Gasteiger partial charge in [-0.2, -0.15) is 0 Å². The molecule has 2 aromatic rings. The highest BCUT2D eigenvalue weighted by atomic mass is 16.5. The van der Waals surface area contributed by atoms with Gasteiger partial charge in [-0.15, -0.1) is 0 Å². The highest BCUT2D eigenvalue weighted by Crippen LogP contribution is 2.27. The molecule has 0 saturated carbocycles. The quantitative estimate of drug-likeness (QED) is 0.852. The topological polar surface area (TPSA) is 71.5 Å². The summed E-state index contributed by atoms with van der Waals surface area (Å²) in [6.45, 7) is 4.78. The number of aryl methyl sites for hydroxylation is 1. The van der Waals surface area contributed by atoms with Crippen LogP contribution in [0.15, 0.2) is 42.6 Å². The van der Waals surface area contributed by atoms with Gasteiger partial charge in [-0.25, -0.2) is 0 Å². The fraction of sp³-hybridized carbons (Fsp3) is 0.381. The normalized spacial score (nSPS) is 17.7. The van der Waals surface area contributed by atoms with Crippen LogP contribution in [0.2, 0.25) is 0 Å². The minimum absolute atomic E-state index is 0.0124. The van der Waals surface area contributed by atoms with Crippen molar-refractivity contribution in [2.45, 2.75) is 32.9 Å². The molecule has 1 saturated heterocycles. The minimum Gasteiger partial charge on any atom is -0.496 e. The molecule has 2 amide bonds. The van der Waals surface area contributed by atoms with Gasteiger partial charge >= 0.3 is 0 Å². The van der Waals surface area contributed by atoms with Crippen molar-refractivity contribution in [2.75, 3.05) is 13.7 Å². The standard InChI is InChI=1S/C21H25N3O3/c1-14-7-8-19(27-3)18(10-14)15(2)23-21(26)16-11-20(25)24(12-16)13-17-6-4-5-9-22-17/h4-10,15-16H,11-13H2,1-3H3,(H,23,26). The summed E-state index contributed by atoms with van der Waals surface area (Å²) in [6.07, 6.45) is 1.94. The number of hydrogen-bond donors (Lipinski definition) is 1. The van der Waals surface area contributed by atoms with Gasteiger partial charge in [0.05, 0.1) is 31.3 Å². The fourth-order valence-corrected chi connectivity index (χ4v) is 3.39. The van der Waals surface area contributed by atoms with Crippen molar-refractivity contribution < 1.29 is 14.3 Å². The zero-order valence-electron chi connectivity index (χ0n) is 15.9. The lowest BCUT2D eigenvalue weighted by Crippen LogP contribution is -2.34. The van der Waals surface area contributed by atoms with Gasteiger partial charge < -0.3 is 15.0 Å². The fourth-order valence-electron chi connectivity index (χ4n) is 3.39. The van der Waals surface area contributed by atoms with E-state index in [0.717, 1.165) is 22.6 Å². The van der Waals surface area contributed by atoms with Gasteiger partial charge in [-0.3, -0.25) is 14.6 Å². The van der Waals surface area contributed by atoms with Crippen LogP contribution < -0.4 is 10.1 Å². The lowest BCUT2D eigenvalue weighted by atomic mass is 10.0. The van der Waals surface area contributed by atoms with E-state index in [-0.39, 0.29) is 30.2 Å². The molecule has 2 heterocycles. The average molecular weight is 367 g/mol. The molecule has 1 aliphatic heterocycles. The van der Waals surface area contributed by atoms with E-state index in [2.05, 4.69) is 10.3 Å². The van der Waals surface area contributed by atoms with E-state index < -0.39 is 0 Å². The molecule has 1 fully saturated rings. The molecule has 2 atom stereocenters. The van der Waals surface area contributed by atoms with E-state index in [0.29, 0.717) is 13.1 Å². The van der Waals surface area contributed by atoms with E-state index >= 15 is 0 Å². The van der Waals surface area contributed by atoms with Crippen molar-refractivity contribution in [3.05, 3.63) is 59.4 Å². The molecule has 0 radical (unpaired) electrons. The summed E-state index contributed by atoms with van der Waals surface area (Å²) in [7, 11) is 1.62. The van der Waals surface area contributed by atoms with Crippen LogP contribution in [0.5, 0.6) is 5.75 Å². The Hall–Kier alpha value is -2.89. The van der Waals surface area contributed by atoms with Crippen LogP contribution in [0.4, 0.5) is 0 Å². The molecule has 1 aromatic heterocycles. The van der Waals surface area contributed by atoms with Crippen molar-refractivity contribution in [3.8, 4) is 5.75 Å². The smallest absolute Gasteiger partial charge is 0.225 e. The van der Waals surface area contributed by atoms with Gasteiger partial charge in [0.2, 0.25) is 11.8 Å². The molecule has 2 unspecified atom stereocenters. The third kappa shape index (κ3) is 4.45. The minimum atomic E-state index is -0.348. The van der Waals surface area contributed by atoms with Gasteiger partial charge in [0.25, 0.3) is 0 Å². The molecule has 0 bridgehead atoms. The van der Waals surface area contributed by atoms with Gasteiger partial charge in [0.15, 0.2) is 0 Å². The number of hydrogen-bond acceptors (Lipinski definition) is 4. The van der Waals surface area contributed by atoms with Crippen LogP contribution in [-0.2, 0) is 16.1 Å². The Morgan fingerprint density at radius 3 is 2.89 bits per heavy atom. The maximum atomic E-state index is 12.7. The number of nitrogens with zero attached hydrogens (tertiary/aromatic N) is 2. The van der Waals surface area contributed by atoms with Gasteiger partial charge in [0.1, 0.15) is 5.75 Å². The van der Waals surface area contributed by atoms with Gasteiger partial charge in [-0.05, 0) is 32.0 Å². The first-order chi connectivity index (χ1) is 13.0. The molecule has 0 aliphatic carbocycles. The Morgan fingerprint density at radius 2 is 2.19 bits per heavy atom. The van der Waals surface area contributed by atoms with Crippen molar-refractivity contribution in [3.63, 3.8) is 0 Å². The molecular weight excluding hydrogens is 342 g/mol. The van der Waals surface area contributed by atoms with Crippen molar-refractivity contribution in [1.82, 2.24) is 15.2 Å². The summed E-state index contributed by atoms with van der Waals surface area (Å²) in [6, 6.07) is 11.3. The Morgan fingerprint density at radius 1 is 1.37 bits per heavy atom. The van der Waals surface area contributed by atoms with E-state index in [1.54, 1.807) is 18.2 Å². The number of amides is 2. The number of carbonyl (C=O) groups is 2. The van der Waals surface area contributed by atoms with Crippen LogP contribution in [0.3, 0.4) is 0 Å². The van der Waals surface area contributed by atoms with Crippen LogP contribution in [0.25, 0.3) is 0 Å². The number of pyridine rings is 1. The number of ether oxygens (including phenoxy) is 1. The first-order valence-electron chi connectivity index (χ1n) is 9.10. The number of rotatable bonds is 6. The molecule has 1 aliphatic rings. The highest BCUT2D eigenvalue weighted by Gasteiger charge is 2.35. The summed E-state index contributed by atoms with van der Waals surface area (Å²) in [5, 5.41) is 3.03. The Labute approximate surface area is 159 Å². The SMILES string of the molecule is COc1ccc(C)cc1C(C)NC(=O)C1CC(=O)N(Cc2ccccn2)C1.